The number of hydrogen-bond donors (Lipinski definition) is 0. The van der Waals surface area contributed by atoms with E-state index in [1.54, 1.807) is 7.11 Å². The standard InChI is InChI=1S/C17H27BrN2O/c1-13(14-7-9-19(2)10-8-14)20(3)12-15-11-16(21-4)5-6-17(15)18/h5-6,11,13-14H,7-10,12H2,1-4H3. The minimum atomic E-state index is 0.608. The van der Waals surface area contributed by atoms with E-state index in [9.17, 15) is 0 Å². The average molecular weight is 355 g/mol. The van der Waals surface area contributed by atoms with E-state index in [1.807, 2.05) is 6.07 Å². The van der Waals surface area contributed by atoms with Crippen molar-refractivity contribution in [3.8, 4) is 5.75 Å². The molecule has 3 nitrogen and oxygen atoms in total. The maximum Gasteiger partial charge on any atom is 0.119 e. The number of ether oxygens (including phenoxy) is 1. The van der Waals surface area contributed by atoms with E-state index in [1.165, 1.54) is 31.5 Å². The van der Waals surface area contributed by atoms with Crippen molar-refractivity contribution in [3.05, 3.63) is 28.2 Å². The molecule has 0 spiro atoms. The van der Waals surface area contributed by atoms with Crippen LogP contribution >= 0.6 is 15.9 Å². The van der Waals surface area contributed by atoms with Gasteiger partial charge in [-0.15, -0.1) is 0 Å². The molecular weight excluding hydrogens is 328 g/mol. The second-order valence-corrected chi connectivity index (χ2v) is 7.11. The van der Waals surface area contributed by atoms with Crippen molar-refractivity contribution in [2.45, 2.75) is 32.4 Å². The zero-order valence-corrected chi connectivity index (χ0v) is 15.2. The number of piperidine rings is 1. The van der Waals surface area contributed by atoms with Crippen molar-refractivity contribution in [2.75, 3.05) is 34.3 Å². The highest BCUT2D eigenvalue weighted by molar-refractivity contribution is 9.10. The van der Waals surface area contributed by atoms with E-state index in [2.05, 4.69) is 58.9 Å². The van der Waals surface area contributed by atoms with Gasteiger partial charge in [0.05, 0.1) is 7.11 Å². The first-order valence-corrected chi connectivity index (χ1v) is 8.51. The second-order valence-electron chi connectivity index (χ2n) is 6.25. The molecule has 1 atom stereocenters. The van der Waals surface area contributed by atoms with E-state index in [0.29, 0.717) is 6.04 Å². The number of hydrogen-bond acceptors (Lipinski definition) is 3. The molecular formula is C17H27BrN2O. The summed E-state index contributed by atoms with van der Waals surface area (Å²) < 4.78 is 6.49. The largest absolute Gasteiger partial charge is 0.497 e. The van der Waals surface area contributed by atoms with Gasteiger partial charge >= 0.3 is 0 Å². The van der Waals surface area contributed by atoms with Gasteiger partial charge in [0.2, 0.25) is 0 Å². The first kappa shape index (κ1) is 16.8. The highest BCUT2D eigenvalue weighted by Crippen LogP contribution is 2.27. The van der Waals surface area contributed by atoms with Crippen LogP contribution in [0.5, 0.6) is 5.75 Å². The molecule has 1 aliphatic rings. The molecule has 1 unspecified atom stereocenters. The molecule has 118 valence electrons. The number of likely N-dealkylation sites (tertiary alicyclic amines) is 1. The van der Waals surface area contributed by atoms with Crippen LogP contribution in [0.1, 0.15) is 25.3 Å². The Morgan fingerprint density at radius 3 is 2.67 bits per heavy atom. The van der Waals surface area contributed by atoms with Crippen LogP contribution in [0.15, 0.2) is 22.7 Å². The van der Waals surface area contributed by atoms with E-state index >= 15 is 0 Å². The third-order valence-corrected chi connectivity index (χ3v) is 5.59. The molecule has 1 aromatic carbocycles. The number of benzene rings is 1. The third-order valence-electron chi connectivity index (χ3n) is 4.81. The minimum absolute atomic E-state index is 0.608. The molecule has 0 aromatic heterocycles. The Kier molecular flexibility index (Phi) is 6.08. The highest BCUT2D eigenvalue weighted by atomic mass is 79.9. The van der Waals surface area contributed by atoms with Crippen LogP contribution in [0.2, 0.25) is 0 Å². The summed E-state index contributed by atoms with van der Waals surface area (Å²) >= 11 is 3.65. The van der Waals surface area contributed by atoms with Crippen molar-refractivity contribution < 1.29 is 4.74 Å². The fourth-order valence-corrected chi connectivity index (χ4v) is 3.45. The lowest BCUT2D eigenvalue weighted by Gasteiger charge is -2.37. The Balaban J connectivity index is 1.98. The molecule has 0 saturated carbocycles. The summed E-state index contributed by atoms with van der Waals surface area (Å²) in [5, 5.41) is 0. The molecule has 1 heterocycles. The summed E-state index contributed by atoms with van der Waals surface area (Å²) in [6, 6.07) is 6.80. The monoisotopic (exact) mass is 354 g/mol. The van der Waals surface area contributed by atoms with Gasteiger partial charge in [-0.05, 0) is 76.6 Å². The maximum absolute atomic E-state index is 5.34. The van der Waals surface area contributed by atoms with Gasteiger partial charge in [0.15, 0.2) is 0 Å². The summed E-state index contributed by atoms with van der Waals surface area (Å²) in [5.41, 5.74) is 1.29. The Hall–Kier alpha value is -0.580. The summed E-state index contributed by atoms with van der Waals surface area (Å²) in [6.45, 7) is 5.77. The zero-order valence-electron chi connectivity index (χ0n) is 13.6. The minimum Gasteiger partial charge on any atom is -0.497 e. The van der Waals surface area contributed by atoms with E-state index in [4.69, 9.17) is 4.74 Å². The third kappa shape index (κ3) is 4.44. The van der Waals surface area contributed by atoms with Crippen LogP contribution in [0, 0.1) is 5.92 Å². The van der Waals surface area contributed by atoms with Crippen LogP contribution in [0.3, 0.4) is 0 Å². The molecule has 0 amide bonds. The Morgan fingerprint density at radius 2 is 2.05 bits per heavy atom. The van der Waals surface area contributed by atoms with Gasteiger partial charge in [-0.25, -0.2) is 0 Å². The molecule has 1 fully saturated rings. The lowest BCUT2D eigenvalue weighted by atomic mass is 9.89. The van der Waals surface area contributed by atoms with Gasteiger partial charge in [0.25, 0.3) is 0 Å². The van der Waals surface area contributed by atoms with Crippen LogP contribution < -0.4 is 4.74 Å². The summed E-state index contributed by atoms with van der Waals surface area (Å²) in [7, 11) is 6.17. The maximum atomic E-state index is 5.34. The normalized spacial score (nSPS) is 19.0. The molecule has 1 saturated heterocycles. The van der Waals surface area contributed by atoms with Crippen molar-refractivity contribution in [1.82, 2.24) is 9.80 Å². The molecule has 2 rings (SSSR count). The first-order valence-electron chi connectivity index (χ1n) is 7.72. The number of rotatable bonds is 5. The SMILES string of the molecule is COc1ccc(Br)c(CN(C)C(C)C2CCN(C)CC2)c1. The van der Waals surface area contributed by atoms with Crippen LogP contribution in [-0.2, 0) is 6.54 Å². The van der Waals surface area contributed by atoms with Gasteiger partial charge in [-0.3, -0.25) is 4.90 Å². The van der Waals surface area contributed by atoms with Gasteiger partial charge in [-0.1, -0.05) is 15.9 Å². The van der Waals surface area contributed by atoms with Gasteiger partial charge in [0, 0.05) is 17.1 Å². The second kappa shape index (κ2) is 7.61. The predicted molar refractivity (Wildman–Crippen MR) is 91.8 cm³/mol. The zero-order chi connectivity index (χ0) is 15.4. The fraction of sp³-hybridized carbons (Fsp3) is 0.647. The van der Waals surface area contributed by atoms with E-state index in [0.717, 1.165) is 22.7 Å². The molecule has 0 bridgehead atoms. The van der Waals surface area contributed by atoms with Gasteiger partial charge in [0.1, 0.15) is 5.75 Å². The van der Waals surface area contributed by atoms with E-state index < -0.39 is 0 Å². The van der Waals surface area contributed by atoms with Crippen LogP contribution in [-0.4, -0.2) is 50.1 Å². The summed E-state index contributed by atoms with van der Waals surface area (Å²) in [6.07, 6.45) is 2.61. The summed E-state index contributed by atoms with van der Waals surface area (Å²) in [4.78, 5) is 4.90. The lowest BCUT2D eigenvalue weighted by molar-refractivity contribution is 0.120. The van der Waals surface area contributed by atoms with E-state index in [-0.39, 0.29) is 0 Å². The molecule has 1 aliphatic heterocycles. The lowest BCUT2D eigenvalue weighted by Crippen LogP contribution is -2.41. The van der Waals surface area contributed by atoms with Crippen molar-refractivity contribution in [2.24, 2.45) is 5.92 Å². The van der Waals surface area contributed by atoms with Gasteiger partial charge in [-0.2, -0.15) is 0 Å². The highest BCUT2D eigenvalue weighted by Gasteiger charge is 2.25. The molecule has 4 heteroatoms. The number of halogens is 1. The fourth-order valence-electron chi connectivity index (χ4n) is 3.08. The summed E-state index contributed by atoms with van der Waals surface area (Å²) in [5.74, 6) is 1.73. The molecule has 0 N–H and O–H groups in total. The Labute approximate surface area is 137 Å². The van der Waals surface area contributed by atoms with Crippen molar-refractivity contribution in [3.63, 3.8) is 0 Å². The Morgan fingerprint density at radius 1 is 1.38 bits per heavy atom. The number of methoxy groups -OCH3 is 1. The molecule has 0 aliphatic carbocycles. The topological polar surface area (TPSA) is 15.7 Å². The molecule has 1 aromatic rings. The molecule has 21 heavy (non-hydrogen) atoms. The predicted octanol–water partition coefficient (Wildman–Crippen LogP) is 3.62. The Bertz CT molecular complexity index is 458. The van der Waals surface area contributed by atoms with Crippen molar-refractivity contribution in [1.29, 1.82) is 0 Å². The van der Waals surface area contributed by atoms with Crippen molar-refractivity contribution >= 4 is 15.9 Å². The smallest absolute Gasteiger partial charge is 0.119 e. The van der Waals surface area contributed by atoms with Gasteiger partial charge < -0.3 is 9.64 Å². The molecule has 0 radical (unpaired) electrons. The van der Waals surface area contributed by atoms with Crippen LogP contribution in [0.25, 0.3) is 0 Å². The average Bonchev–Trinajstić information content (AvgIpc) is 2.49. The van der Waals surface area contributed by atoms with Crippen LogP contribution in [0.4, 0.5) is 0 Å². The first-order chi connectivity index (χ1) is 10.0. The quantitative estimate of drug-likeness (QED) is 0.802. The number of nitrogens with zero attached hydrogens (tertiary/aromatic N) is 2.